The maximum atomic E-state index is 10.4. The lowest BCUT2D eigenvalue weighted by molar-refractivity contribution is 0.112. The van der Waals surface area contributed by atoms with Crippen molar-refractivity contribution in [2.45, 2.75) is 0 Å². The van der Waals surface area contributed by atoms with Gasteiger partial charge in [0.25, 0.3) is 0 Å². The molecule has 0 aliphatic rings. The topological polar surface area (TPSA) is 43.1 Å². The predicted molar refractivity (Wildman–Crippen MR) is 44.4 cm³/mol. The van der Waals surface area contributed by atoms with Crippen LogP contribution in [0.5, 0.6) is 0 Å². The van der Waals surface area contributed by atoms with E-state index in [1.165, 1.54) is 6.20 Å². The molecule has 0 atom stereocenters. The van der Waals surface area contributed by atoms with E-state index in [9.17, 15) is 4.79 Å². The summed E-state index contributed by atoms with van der Waals surface area (Å²) in [5.41, 5.74) is 1.02. The van der Waals surface area contributed by atoms with E-state index in [4.69, 9.17) is 16.1 Å². The molecule has 0 N–H and O–H groups in total. The second-order valence-corrected chi connectivity index (χ2v) is 2.77. The molecule has 0 aliphatic carbocycles. The van der Waals surface area contributed by atoms with E-state index in [1.807, 2.05) is 0 Å². The van der Waals surface area contributed by atoms with Gasteiger partial charge in [-0.2, -0.15) is 0 Å². The van der Waals surface area contributed by atoms with Gasteiger partial charge in [-0.25, -0.2) is 0 Å². The summed E-state index contributed by atoms with van der Waals surface area (Å²) in [5.74, 6) is 0. The molecule has 0 bridgehead atoms. The minimum atomic E-state index is 0.482. The molecule has 2 rings (SSSR count). The number of halogens is 1. The van der Waals surface area contributed by atoms with Gasteiger partial charge in [0.1, 0.15) is 6.29 Å². The first-order valence-corrected chi connectivity index (χ1v) is 3.68. The second-order valence-electron chi connectivity index (χ2n) is 2.36. The van der Waals surface area contributed by atoms with Crippen LogP contribution in [0, 0.1) is 0 Å². The average molecular weight is 182 g/mol. The SMILES string of the molecule is O=Cc1cc(Cl)c2cnoc2c1. The Hall–Kier alpha value is -1.35. The van der Waals surface area contributed by atoms with Gasteiger partial charge in [0.15, 0.2) is 5.58 Å². The van der Waals surface area contributed by atoms with E-state index in [2.05, 4.69) is 5.16 Å². The Bertz CT molecular complexity index is 436. The Balaban J connectivity index is 2.83. The van der Waals surface area contributed by atoms with Crippen molar-refractivity contribution in [3.05, 3.63) is 28.9 Å². The first-order chi connectivity index (χ1) is 5.81. The van der Waals surface area contributed by atoms with Gasteiger partial charge in [0.2, 0.25) is 0 Å². The van der Waals surface area contributed by atoms with E-state index in [1.54, 1.807) is 12.1 Å². The van der Waals surface area contributed by atoms with Crippen LogP contribution in [-0.2, 0) is 0 Å². The molecular formula is C8H4ClNO2. The molecule has 0 saturated carbocycles. The standard InChI is InChI=1S/C8H4ClNO2/c9-7-1-5(4-11)2-8-6(7)3-10-12-8/h1-4H. The number of rotatable bonds is 1. The number of hydrogen-bond donors (Lipinski definition) is 0. The molecule has 0 fully saturated rings. The minimum absolute atomic E-state index is 0.482. The molecule has 0 radical (unpaired) electrons. The molecule has 0 saturated heterocycles. The smallest absolute Gasteiger partial charge is 0.169 e. The van der Waals surface area contributed by atoms with Crippen LogP contribution in [0.3, 0.4) is 0 Å². The Labute approximate surface area is 72.9 Å². The van der Waals surface area contributed by atoms with Gasteiger partial charge >= 0.3 is 0 Å². The van der Waals surface area contributed by atoms with E-state index < -0.39 is 0 Å². The summed E-state index contributed by atoms with van der Waals surface area (Å²) in [7, 11) is 0. The number of carbonyl (C=O) groups is 1. The second kappa shape index (κ2) is 2.60. The van der Waals surface area contributed by atoms with Gasteiger partial charge in [-0.3, -0.25) is 4.79 Å². The van der Waals surface area contributed by atoms with Gasteiger partial charge in [0, 0.05) is 5.56 Å². The van der Waals surface area contributed by atoms with Crippen molar-refractivity contribution in [3.63, 3.8) is 0 Å². The molecule has 3 nitrogen and oxygen atoms in total. The minimum Gasteiger partial charge on any atom is -0.356 e. The van der Waals surface area contributed by atoms with Crippen molar-refractivity contribution in [1.82, 2.24) is 5.16 Å². The average Bonchev–Trinajstić information content (AvgIpc) is 2.52. The number of fused-ring (bicyclic) bond motifs is 1. The van der Waals surface area contributed by atoms with Gasteiger partial charge in [-0.15, -0.1) is 0 Å². The Morgan fingerprint density at radius 2 is 2.33 bits per heavy atom. The maximum absolute atomic E-state index is 10.4. The fraction of sp³-hybridized carbons (Fsp3) is 0. The monoisotopic (exact) mass is 181 g/mol. The van der Waals surface area contributed by atoms with E-state index in [-0.39, 0.29) is 0 Å². The molecule has 2 aromatic rings. The molecule has 4 heteroatoms. The van der Waals surface area contributed by atoms with Crippen molar-refractivity contribution >= 4 is 28.9 Å². The molecule has 60 valence electrons. The number of nitrogens with zero attached hydrogens (tertiary/aromatic N) is 1. The summed E-state index contributed by atoms with van der Waals surface area (Å²) >= 11 is 5.82. The zero-order chi connectivity index (χ0) is 8.55. The van der Waals surface area contributed by atoms with Crippen LogP contribution < -0.4 is 0 Å². The Morgan fingerprint density at radius 1 is 1.50 bits per heavy atom. The summed E-state index contributed by atoms with van der Waals surface area (Å²) in [6.07, 6.45) is 2.24. The lowest BCUT2D eigenvalue weighted by Gasteiger charge is -1.92. The van der Waals surface area contributed by atoms with Crippen LogP contribution in [0.2, 0.25) is 5.02 Å². The van der Waals surface area contributed by atoms with Gasteiger partial charge < -0.3 is 4.52 Å². The highest BCUT2D eigenvalue weighted by molar-refractivity contribution is 6.35. The van der Waals surface area contributed by atoms with Gasteiger partial charge in [0.05, 0.1) is 16.6 Å². The molecule has 0 amide bonds. The van der Waals surface area contributed by atoms with Crippen LogP contribution in [0.15, 0.2) is 22.9 Å². The van der Waals surface area contributed by atoms with E-state index in [0.717, 1.165) is 5.39 Å². The zero-order valence-corrected chi connectivity index (χ0v) is 6.71. The van der Waals surface area contributed by atoms with Crippen molar-refractivity contribution < 1.29 is 9.32 Å². The molecule has 0 spiro atoms. The van der Waals surface area contributed by atoms with Crippen molar-refractivity contribution in [2.75, 3.05) is 0 Å². The number of hydrogen-bond acceptors (Lipinski definition) is 3. The predicted octanol–water partition coefficient (Wildman–Crippen LogP) is 2.29. The summed E-state index contributed by atoms with van der Waals surface area (Å²) in [6, 6.07) is 3.18. The quantitative estimate of drug-likeness (QED) is 0.634. The summed E-state index contributed by atoms with van der Waals surface area (Å²) < 4.78 is 4.85. The largest absolute Gasteiger partial charge is 0.356 e. The summed E-state index contributed by atoms with van der Waals surface area (Å²) in [6.45, 7) is 0. The first kappa shape index (κ1) is 7.31. The Kier molecular flexibility index (Phi) is 1.59. The van der Waals surface area contributed by atoms with Crippen molar-refractivity contribution in [1.29, 1.82) is 0 Å². The zero-order valence-electron chi connectivity index (χ0n) is 5.95. The Morgan fingerprint density at radius 3 is 3.08 bits per heavy atom. The third-order valence-electron chi connectivity index (χ3n) is 1.58. The molecule has 12 heavy (non-hydrogen) atoms. The van der Waals surface area contributed by atoms with Gasteiger partial charge in [-0.05, 0) is 12.1 Å². The van der Waals surface area contributed by atoms with Crippen LogP contribution in [0.4, 0.5) is 0 Å². The third kappa shape index (κ3) is 0.987. The number of aldehydes is 1. The van der Waals surface area contributed by atoms with Gasteiger partial charge in [-0.1, -0.05) is 16.8 Å². The van der Waals surface area contributed by atoms with Crippen molar-refractivity contribution in [3.8, 4) is 0 Å². The fourth-order valence-electron chi connectivity index (χ4n) is 1.02. The van der Waals surface area contributed by atoms with Crippen LogP contribution in [0.25, 0.3) is 11.0 Å². The fourth-order valence-corrected chi connectivity index (χ4v) is 1.29. The molecule has 0 aliphatic heterocycles. The highest BCUT2D eigenvalue weighted by atomic mass is 35.5. The van der Waals surface area contributed by atoms with Crippen LogP contribution in [0.1, 0.15) is 10.4 Å². The van der Waals surface area contributed by atoms with Crippen LogP contribution >= 0.6 is 11.6 Å². The third-order valence-corrected chi connectivity index (χ3v) is 1.90. The molecule has 0 unspecified atom stereocenters. The molecule has 1 heterocycles. The molecule has 1 aromatic heterocycles. The lowest BCUT2D eigenvalue weighted by atomic mass is 10.2. The highest BCUT2D eigenvalue weighted by Gasteiger charge is 2.04. The van der Waals surface area contributed by atoms with E-state index >= 15 is 0 Å². The first-order valence-electron chi connectivity index (χ1n) is 3.30. The number of carbonyl (C=O) groups excluding carboxylic acids is 1. The maximum Gasteiger partial charge on any atom is 0.169 e. The molecular weight excluding hydrogens is 178 g/mol. The van der Waals surface area contributed by atoms with Crippen molar-refractivity contribution in [2.24, 2.45) is 0 Å². The lowest BCUT2D eigenvalue weighted by Crippen LogP contribution is -1.78. The van der Waals surface area contributed by atoms with E-state index in [0.29, 0.717) is 22.5 Å². The number of aromatic nitrogens is 1. The highest BCUT2D eigenvalue weighted by Crippen LogP contribution is 2.24. The number of benzene rings is 1. The van der Waals surface area contributed by atoms with Crippen LogP contribution in [-0.4, -0.2) is 11.4 Å². The normalized spacial score (nSPS) is 10.4. The summed E-state index contributed by atoms with van der Waals surface area (Å²) in [5, 5.41) is 4.77. The molecule has 1 aromatic carbocycles. The summed E-state index contributed by atoms with van der Waals surface area (Å²) in [4.78, 5) is 10.4.